The van der Waals surface area contributed by atoms with Crippen molar-refractivity contribution in [2.24, 2.45) is 0 Å². The third kappa shape index (κ3) is 19.4. The van der Waals surface area contributed by atoms with Gasteiger partial charge in [-0.1, -0.05) is 125 Å². The van der Waals surface area contributed by atoms with E-state index in [-0.39, 0.29) is 30.4 Å². The molecule has 0 saturated heterocycles. The molecule has 8 radical (unpaired) electrons. The van der Waals surface area contributed by atoms with Crippen molar-refractivity contribution in [1.29, 1.82) is 0 Å². The monoisotopic (exact) mass is 792 g/mol. The van der Waals surface area contributed by atoms with Crippen molar-refractivity contribution in [3.05, 3.63) is 41.5 Å². The summed E-state index contributed by atoms with van der Waals surface area (Å²) in [6, 6.07) is 10.9. The smallest absolute Gasteiger partial charge is 0.0627 e. The number of rotatable bonds is 5. The van der Waals surface area contributed by atoms with Gasteiger partial charge in [-0.05, 0) is 30.2 Å². The summed E-state index contributed by atoms with van der Waals surface area (Å²) in [5, 5.41) is 5.51. The molecule has 0 saturated carbocycles. The van der Waals surface area contributed by atoms with Gasteiger partial charge in [0.15, 0.2) is 0 Å². The van der Waals surface area contributed by atoms with Crippen molar-refractivity contribution >= 4 is 72.6 Å². The molecular formula is C37H70Ge3Si2. The van der Waals surface area contributed by atoms with E-state index in [1.165, 1.54) is 10.5 Å². The molecule has 0 atom stereocenters. The molecule has 0 spiro atoms. The van der Waals surface area contributed by atoms with E-state index in [9.17, 15) is 0 Å². The maximum Gasteiger partial charge on any atom is 0.0652 e. The molecule has 0 heterocycles. The van der Waals surface area contributed by atoms with Crippen LogP contribution in [-0.4, -0.2) is 68.2 Å². The summed E-state index contributed by atoms with van der Waals surface area (Å²) >= 11 is 2.46. The molecule has 0 fully saturated rings. The molecule has 5 heteroatoms. The summed E-state index contributed by atoms with van der Waals surface area (Å²) in [4.78, 5) is 0. The van der Waals surface area contributed by atoms with E-state index in [1.54, 1.807) is 15.5 Å². The van der Waals surface area contributed by atoms with Gasteiger partial charge in [0.2, 0.25) is 0 Å². The van der Waals surface area contributed by atoms with E-state index < -0.39 is 17.6 Å². The van der Waals surface area contributed by atoms with E-state index in [1.807, 2.05) is 0 Å². The van der Waals surface area contributed by atoms with Crippen LogP contribution in [0.25, 0.3) is 0 Å². The largest absolute Gasteiger partial charge is 0.0652 e. The van der Waals surface area contributed by atoms with Crippen LogP contribution in [0.15, 0.2) is 41.5 Å². The van der Waals surface area contributed by atoms with E-state index in [4.69, 9.17) is 0 Å². The van der Waals surface area contributed by atoms with Gasteiger partial charge in [0.05, 0.1) is 17.6 Å². The van der Waals surface area contributed by atoms with Crippen molar-refractivity contribution < 1.29 is 0 Å². The van der Waals surface area contributed by atoms with Gasteiger partial charge in [-0.2, -0.15) is 0 Å². The van der Waals surface area contributed by atoms with Crippen LogP contribution in [0.2, 0.25) is 40.7 Å². The Balaban J connectivity index is 0. The van der Waals surface area contributed by atoms with Crippen molar-refractivity contribution in [3.63, 3.8) is 0 Å². The Hall–Kier alpha value is 0.892. The van der Waals surface area contributed by atoms with Crippen LogP contribution in [-0.2, 0) is 0 Å². The molecule has 0 amide bonds. The van der Waals surface area contributed by atoms with Crippen molar-refractivity contribution in [3.8, 4) is 0 Å². The molecule has 0 nitrogen and oxygen atoms in total. The minimum absolute atomic E-state index is 0.0457. The first-order valence-electron chi connectivity index (χ1n) is 15.9. The molecule has 42 heavy (non-hydrogen) atoms. The van der Waals surface area contributed by atoms with Gasteiger partial charge in [0, 0.05) is 0 Å². The minimum Gasteiger partial charge on any atom is -0.0627 e. The second-order valence-electron chi connectivity index (χ2n) is 18.0. The summed E-state index contributed by atoms with van der Waals surface area (Å²) in [5.41, 5.74) is 3.23. The molecule has 0 aliphatic rings. The zero-order chi connectivity index (χ0) is 34.0. The zero-order valence-electron chi connectivity index (χ0n) is 31.9. The van der Waals surface area contributed by atoms with Crippen LogP contribution in [0, 0.1) is 0 Å². The first-order valence-corrected chi connectivity index (χ1v) is 25.3. The predicted octanol–water partition coefficient (Wildman–Crippen LogP) is 11.6. The Labute approximate surface area is 291 Å². The third-order valence-electron chi connectivity index (χ3n) is 6.98. The second-order valence-corrected chi connectivity index (χ2v) is 36.4. The van der Waals surface area contributed by atoms with Crippen LogP contribution in [0.1, 0.15) is 138 Å². The van der Waals surface area contributed by atoms with E-state index >= 15 is 0 Å². The second kappa shape index (κ2) is 18.3. The molecule has 1 aromatic rings. The Morgan fingerprint density at radius 2 is 0.881 bits per heavy atom. The summed E-state index contributed by atoms with van der Waals surface area (Å²) in [7, 11) is -0.782. The molecule has 0 aromatic heterocycles. The average molecular weight is 789 g/mol. The maximum absolute atomic E-state index is 2.64. The standard InChI is InChI=1S/C13H16Ge3.2C12H27Si/c1-11(8-14)12(2)9-15-10-16-13-6-4-3-5-7-13;2*1-10(2,3)13(11(4,5)6)12(7,8)9/h3-7,10H,8-9H2,1-2H3;2*1-9H3/b12-11-,16-10?;;. The molecule has 0 aliphatic carbocycles. The SMILES string of the molecule is C/C([CH2][Ge])=C(\C)[CH2][Ge][CH]=[Ge][c]1ccccc1.CC(C)(C)[Si](C(C)(C)C)C(C)(C)C.CC(C)(C)[Si](C(C)(C)C)C(C)(C)C. The van der Waals surface area contributed by atoms with Gasteiger partial charge in [0.1, 0.15) is 0 Å². The molecule has 0 bridgehead atoms. The predicted molar refractivity (Wildman–Crippen MR) is 207 cm³/mol. The quantitative estimate of drug-likeness (QED) is 0.206. The van der Waals surface area contributed by atoms with E-state index in [0.29, 0.717) is 30.2 Å². The number of benzene rings is 1. The Kier molecular flexibility index (Phi) is 19.6. The summed E-state index contributed by atoms with van der Waals surface area (Å²) in [6.07, 6.45) is 0. The van der Waals surface area contributed by atoms with Crippen LogP contribution < -0.4 is 4.40 Å². The normalized spacial score (nSPS) is 14.4. The molecule has 1 aromatic carbocycles. The summed E-state index contributed by atoms with van der Waals surface area (Å²) < 4.78 is 4.21. The molecule has 0 N–H and O–H groups in total. The van der Waals surface area contributed by atoms with Crippen LogP contribution in [0.5, 0.6) is 0 Å². The van der Waals surface area contributed by atoms with Gasteiger partial charge in [-0.25, -0.2) is 0 Å². The fourth-order valence-corrected chi connectivity index (χ4v) is 29.0. The minimum atomic E-state index is -0.391. The maximum atomic E-state index is 2.64. The first-order chi connectivity index (χ1) is 18.5. The molecule has 1 rings (SSSR count). The van der Waals surface area contributed by atoms with E-state index in [0.717, 1.165) is 0 Å². The van der Waals surface area contributed by atoms with Crippen LogP contribution >= 0.6 is 0 Å². The number of hydrogen-bond donors (Lipinski definition) is 0. The van der Waals surface area contributed by atoms with Crippen molar-refractivity contribution in [2.75, 3.05) is 0 Å². The number of allylic oxidation sites excluding steroid dienone is 2. The van der Waals surface area contributed by atoms with Crippen LogP contribution in [0.3, 0.4) is 0 Å². The molecule has 0 aliphatic heterocycles. The summed E-state index contributed by atoms with van der Waals surface area (Å²) in [6.45, 7) is 47.8. The van der Waals surface area contributed by atoms with Gasteiger partial charge >= 0.3 is 121 Å². The average Bonchev–Trinajstić information content (AvgIpc) is 2.71. The third-order valence-corrected chi connectivity index (χ3v) is 24.6. The fourth-order valence-electron chi connectivity index (χ4n) is 7.92. The van der Waals surface area contributed by atoms with Crippen LogP contribution in [0.4, 0.5) is 0 Å². The van der Waals surface area contributed by atoms with Gasteiger partial charge < -0.3 is 0 Å². The number of hydrogen-bond acceptors (Lipinski definition) is 0. The van der Waals surface area contributed by atoms with E-state index in [2.05, 4.69) is 189 Å². The molecular weight excluding hydrogens is 718 g/mol. The Morgan fingerprint density at radius 3 is 1.12 bits per heavy atom. The van der Waals surface area contributed by atoms with Crippen molar-refractivity contribution in [1.82, 2.24) is 0 Å². The van der Waals surface area contributed by atoms with Crippen molar-refractivity contribution in [2.45, 2.75) is 179 Å². The Morgan fingerprint density at radius 1 is 0.571 bits per heavy atom. The topological polar surface area (TPSA) is 0 Å². The Bertz CT molecular complexity index is 828. The van der Waals surface area contributed by atoms with Gasteiger partial charge in [0.25, 0.3) is 0 Å². The molecule has 238 valence electrons. The fraction of sp³-hybridized carbons (Fsp3) is 0.757. The first kappa shape index (κ1) is 45.0. The van der Waals surface area contributed by atoms with Gasteiger partial charge in [-0.15, -0.1) is 0 Å². The zero-order valence-corrected chi connectivity index (χ0v) is 40.2. The van der Waals surface area contributed by atoms with Gasteiger partial charge in [-0.3, -0.25) is 0 Å². The molecule has 0 unspecified atom stereocenters. The summed E-state index contributed by atoms with van der Waals surface area (Å²) in [5.74, 6) is 0.